The van der Waals surface area contributed by atoms with Crippen LogP contribution in [0.3, 0.4) is 0 Å². The van der Waals surface area contributed by atoms with Crippen LogP contribution in [0.25, 0.3) is 0 Å². The summed E-state index contributed by atoms with van der Waals surface area (Å²) in [4.78, 5) is 23.0. The Balaban J connectivity index is 1.87. The van der Waals surface area contributed by atoms with Crippen molar-refractivity contribution < 1.29 is 9.59 Å². The number of anilines is 1. The molecule has 136 valence electrons. The molecule has 0 aliphatic carbocycles. The molecule has 1 heterocycles. The van der Waals surface area contributed by atoms with Crippen LogP contribution in [-0.4, -0.2) is 36.6 Å². The highest BCUT2D eigenvalue weighted by molar-refractivity contribution is 6.42. The van der Waals surface area contributed by atoms with Gasteiger partial charge in [0.05, 0.1) is 22.3 Å². The fraction of sp³-hybridized carbons (Fsp3) is 0.438. The summed E-state index contributed by atoms with van der Waals surface area (Å²) < 4.78 is 0. The monoisotopic (exact) mass is 404 g/mol. The van der Waals surface area contributed by atoms with Crippen LogP contribution < -0.4 is 15.6 Å². The lowest BCUT2D eigenvalue weighted by Gasteiger charge is -2.14. The minimum atomic E-state index is -0.242. The van der Waals surface area contributed by atoms with E-state index in [0.29, 0.717) is 41.8 Å². The molecule has 2 rings (SSSR count). The van der Waals surface area contributed by atoms with E-state index in [1.807, 2.05) is 13.0 Å². The Kier molecular flexibility index (Phi) is 7.35. The number of halogens is 3. The molecular weight excluding hydrogens is 387 g/mol. The molecule has 1 aromatic rings. The standard InChI is InChI=1S/C16H19Cl3N4O2/c1-10-9-23(11-4-5-12(18)13(19)7-11)22-16(10)21-14(24)3-2-6-20-15(25)8-17/h4-5,7,10H,2-3,6,8-9H2,1H3,(H,20,25)(H,21,22,24). The van der Waals surface area contributed by atoms with E-state index in [1.54, 1.807) is 17.1 Å². The maximum atomic E-state index is 12.0. The van der Waals surface area contributed by atoms with Crippen molar-refractivity contribution in [2.24, 2.45) is 11.0 Å². The Morgan fingerprint density at radius 3 is 2.72 bits per heavy atom. The second kappa shape index (κ2) is 9.27. The SMILES string of the molecule is CC1CN(c2ccc(Cl)c(Cl)c2)N=C1NC(=O)CCCNC(=O)CCl. The molecule has 25 heavy (non-hydrogen) atoms. The van der Waals surface area contributed by atoms with Crippen LogP contribution in [0.5, 0.6) is 0 Å². The van der Waals surface area contributed by atoms with Gasteiger partial charge < -0.3 is 10.6 Å². The first-order valence-electron chi connectivity index (χ1n) is 7.84. The van der Waals surface area contributed by atoms with E-state index in [1.165, 1.54) is 0 Å². The molecule has 0 spiro atoms. The molecule has 1 unspecified atom stereocenters. The third-order valence-corrected chi connectivity index (χ3v) is 4.62. The first-order valence-corrected chi connectivity index (χ1v) is 9.13. The smallest absolute Gasteiger partial charge is 0.234 e. The molecule has 1 aromatic carbocycles. The average Bonchev–Trinajstić information content (AvgIpc) is 2.94. The highest BCUT2D eigenvalue weighted by Crippen LogP contribution is 2.29. The molecule has 0 bridgehead atoms. The number of hydrogen-bond donors (Lipinski definition) is 2. The van der Waals surface area contributed by atoms with E-state index in [4.69, 9.17) is 34.8 Å². The van der Waals surface area contributed by atoms with E-state index in [0.717, 1.165) is 5.69 Å². The molecule has 9 heteroatoms. The number of carbonyl (C=O) groups excluding carboxylic acids is 2. The number of nitrogens with zero attached hydrogens (tertiary/aromatic N) is 2. The molecule has 0 fully saturated rings. The minimum absolute atomic E-state index is 0.0781. The topological polar surface area (TPSA) is 73.8 Å². The molecule has 1 aliphatic heterocycles. The third kappa shape index (κ3) is 5.76. The van der Waals surface area contributed by atoms with E-state index >= 15 is 0 Å². The van der Waals surface area contributed by atoms with Gasteiger partial charge in [-0.3, -0.25) is 14.6 Å². The highest BCUT2D eigenvalue weighted by Gasteiger charge is 2.25. The quantitative estimate of drug-likeness (QED) is 0.564. The lowest BCUT2D eigenvalue weighted by molar-refractivity contribution is -0.121. The summed E-state index contributed by atoms with van der Waals surface area (Å²) in [6.07, 6.45) is 0.827. The first kappa shape index (κ1) is 19.8. The van der Waals surface area contributed by atoms with Gasteiger partial charge in [0.1, 0.15) is 11.7 Å². The van der Waals surface area contributed by atoms with Crippen LogP contribution in [0, 0.1) is 5.92 Å². The Morgan fingerprint density at radius 2 is 2.04 bits per heavy atom. The van der Waals surface area contributed by atoms with E-state index in [9.17, 15) is 9.59 Å². The number of benzene rings is 1. The molecule has 2 amide bonds. The molecule has 0 radical (unpaired) electrons. The maximum absolute atomic E-state index is 12.0. The van der Waals surface area contributed by atoms with Gasteiger partial charge >= 0.3 is 0 Å². The number of amidine groups is 1. The zero-order valence-corrected chi connectivity index (χ0v) is 16.0. The van der Waals surface area contributed by atoms with Gasteiger partial charge in [0.2, 0.25) is 11.8 Å². The van der Waals surface area contributed by atoms with Gasteiger partial charge in [-0.15, -0.1) is 11.6 Å². The fourth-order valence-electron chi connectivity index (χ4n) is 2.30. The van der Waals surface area contributed by atoms with Crippen LogP contribution in [0.1, 0.15) is 19.8 Å². The van der Waals surface area contributed by atoms with Crippen molar-refractivity contribution in [3.63, 3.8) is 0 Å². The number of rotatable bonds is 6. The van der Waals surface area contributed by atoms with E-state index in [-0.39, 0.29) is 23.6 Å². The summed E-state index contributed by atoms with van der Waals surface area (Å²) in [5.41, 5.74) is 0.814. The molecule has 6 nitrogen and oxygen atoms in total. The normalized spacial score (nSPS) is 16.6. The lowest BCUT2D eigenvalue weighted by Crippen LogP contribution is -2.34. The molecule has 1 atom stereocenters. The molecule has 1 aliphatic rings. The summed E-state index contributed by atoms with van der Waals surface area (Å²) in [7, 11) is 0. The van der Waals surface area contributed by atoms with Crippen molar-refractivity contribution in [1.82, 2.24) is 10.6 Å². The maximum Gasteiger partial charge on any atom is 0.234 e. The molecule has 0 saturated carbocycles. The Bertz CT molecular complexity index is 681. The highest BCUT2D eigenvalue weighted by atomic mass is 35.5. The van der Waals surface area contributed by atoms with Gasteiger partial charge in [0.15, 0.2) is 0 Å². The van der Waals surface area contributed by atoms with E-state index < -0.39 is 0 Å². The van der Waals surface area contributed by atoms with Gasteiger partial charge in [-0.25, -0.2) is 0 Å². The molecule has 2 N–H and O–H groups in total. The van der Waals surface area contributed by atoms with Crippen molar-refractivity contribution in [3.8, 4) is 0 Å². The second-order valence-corrected chi connectivity index (χ2v) is 6.78. The minimum Gasteiger partial charge on any atom is -0.355 e. The van der Waals surface area contributed by atoms with Crippen LogP contribution in [0.4, 0.5) is 5.69 Å². The van der Waals surface area contributed by atoms with Crippen molar-refractivity contribution in [2.75, 3.05) is 24.0 Å². The van der Waals surface area contributed by atoms with Gasteiger partial charge in [-0.2, -0.15) is 5.10 Å². The van der Waals surface area contributed by atoms with Crippen LogP contribution in [-0.2, 0) is 9.59 Å². The predicted molar refractivity (Wildman–Crippen MR) is 102 cm³/mol. The van der Waals surface area contributed by atoms with Gasteiger partial charge in [-0.05, 0) is 24.6 Å². The molecule has 0 saturated heterocycles. The summed E-state index contributed by atoms with van der Waals surface area (Å²) >= 11 is 17.3. The van der Waals surface area contributed by atoms with Crippen molar-refractivity contribution in [3.05, 3.63) is 28.2 Å². The summed E-state index contributed by atoms with van der Waals surface area (Å²) in [6, 6.07) is 5.28. The fourth-order valence-corrected chi connectivity index (χ4v) is 2.69. The number of alkyl halides is 1. The second-order valence-electron chi connectivity index (χ2n) is 5.70. The zero-order valence-electron chi connectivity index (χ0n) is 13.7. The largest absolute Gasteiger partial charge is 0.355 e. The summed E-state index contributed by atoms with van der Waals surface area (Å²) in [5.74, 6) is 0.232. The van der Waals surface area contributed by atoms with Gasteiger partial charge in [0.25, 0.3) is 0 Å². The number of hydrazone groups is 1. The van der Waals surface area contributed by atoms with Gasteiger partial charge in [0, 0.05) is 18.9 Å². The summed E-state index contributed by atoms with van der Waals surface area (Å²) in [5, 5.41) is 12.6. The lowest BCUT2D eigenvalue weighted by atomic mass is 10.1. The third-order valence-electron chi connectivity index (χ3n) is 3.63. The van der Waals surface area contributed by atoms with Crippen LogP contribution in [0.15, 0.2) is 23.3 Å². The molecular formula is C16H19Cl3N4O2. The Labute approximate surface area is 161 Å². The predicted octanol–water partition coefficient (Wildman–Crippen LogP) is 3.01. The number of amides is 2. The number of nitrogens with one attached hydrogen (secondary N) is 2. The molecule has 0 aromatic heterocycles. The van der Waals surface area contributed by atoms with Crippen LogP contribution in [0.2, 0.25) is 10.0 Å². The average molecular weight is 406 g/mol. The van der Waals surface area contributed by atoms with Crippen molar-refractivity contribution in [1.29, 1.82) is 0 Å². The van der Waals surface area contributed by atoms with E-state index in [2.05, 4.69) is 15.7 Å². The number of carbonyl (C=O) groups is 2. The van der Waals surface area contributed by atoms with Crippen molar-refractivity contribution >= 4 is 58.1 Å². The summed E-state index contributed by atoms with van der Waals surface area (Å²) in [6.45, 7) is 3.03. The van der Waals surface area contributed by atoms with Crippen molar-refractivity contribution in [2.45, 2.75) is 19.8 Å². The zero-order chi connectivity index (χ0) is 18.4. The Hall–Kier alpha value is -1.50. The van der Waals surface area contributed by atoms with Crippen LogP contribution >= 0.6 is 34.8 Å². The Morgan fingerprint density at radius 1 is 1.28 bits per heavy atom. The van der Waals surface area contributed by atoms with Gasteiger partial charge in [-0.1, -0.05) is 30.1 Å². The first-order chi connectivity index (χ1) is 11.9. The number of hydrogen-bond acceptors (Lipinski definition) is 4.